The molecule has 1 aromatic carbocycles. The van der Waals surface area contributed by atoms with Crippen molar-refractivity contribution in [2.45, 2.75) is 13.1 Å². The van der Waals surface area contributed by atoms with Gasteiger partial charge in [-0.3, -0.25) is 9.55 Å². The summed E-state index contributed by atoms with van der Waals surface area (Å²) in [4.78, 5) is 20.0. The SMILES string of the molecule is COC(=O)c1cc(NCc2nccn2C(F)F)c2ncccc2c1. The Labute approximate surface area is 136 Å². The number of hydrogen-bond donors (Lipinski definition) is 1. The fourth-order valence-corrected chi connectivity index (χ4v) is 2.40. The number of nitrogens with zero attached hydrogens (tertiary/aromatic N) is 3. The average Bonchev–Trinajstić information content (AvgIpc) is 3.07. The first-order valence-electron chi connectivity index (χ1n) is 7.11. The fraction of sp³-hybridized carbons (Fsp3) is 0.188. The quantitative estimate of drug-likeness (QED) is 0.727. The second-order valence-electron chi connectivity index (χ2n) is 4.97. The molecule has 0 atom stereocenters. The van der Waals surface area contributed by atoms with Gasteiger partial charge in [0.05, 0.1) is 30.4 Å². The van der Waals surface area contributed by atoms with E-state index in [1.807, 2.05) is 0 Å². The Kier molecular flexibility index (Phi) is 4.37. The van der Waals surface area contributed by atoms with E-state index in [2.05, 4.69) is 15.3 Å². The number of fused-ring (bicyclic) bond motifs is 1. The molecule has 3 rings (SSSR count). The van der Waals surface area contributed by atoms with E-state index in [1.54, 1.807) is 30.5 Å². The lowest BCUT2D eigenvalue weighted by atomic mass is 10.1. The van der Waals surface area contributed by atoms with Crippen LogP contribution in [-0.2, 0) is 11.3 Å². The smallest absolute Gasteiger partial charge is 0.337 e. The summed E-state index contributed by atoms with van der Waals surface area (Å²) < 4.78 is 31.3. The monoisotopic (exact) mass is 332 g/mol. The predicted molar refractivity (Wildman–Crippen MR) is 83.9 cm³/mol. The van der Waals surface area contributed by atoms with Crippen molar-refractivity contribution in [1.82, 2.24) is 14.5 Å². The molecule has 3 aromatic rings. The summed E-state index contributed by atoms with van der Waals surface area (Å²) in [7, 11) is 1.29. The van der Waals surface area contributed by atoms with Crippen LogP contribution >= 0.6 is 0 Å². The highest BCUT2D eigenvalue weighted by atomic mass is 19.3. The van der Waals surface area contributed by atoms with Gasteiger partial charge >= 0.3 is 12.5 Å². The summed E-state index contributed by atoms with van der Waals surface area (Å²) in [6, 6.07) is 6.80. The maximum Gasteiger partial charge on any atom is 0.337 e. The number of rotatable bonds is 5. The zero-order valence-electron chi connectivity index (χ0n) is 12.7. The van der Waals surface area contributed by atoms with Crippen molar-refractivity contribution in [3.63, 3.8) is 0 Å². The van der Waals surface area contributed by atoms with E-state index in [-0.39, 0.29) is 12.4 Å². The number of anilines is 1. The van der Waals surface area contributed by atoms with Crippen LogP contribution in [0.1, 0.15) is 22.7 Å². The number of halogens is 2. The summed E-state index contributed by atoms with van der Waals surface area (Å²) in [6.45, 7) is -2.60. The highest BCUT2D eigenvalue weighted by Crippen LogP contribution is 2.25. The Hall–Kier alpha value is -3.03. The second kappa shape index (κ2) is 6.61. The van der Waals surface area contributed by atoms with Crippen molar-refractivity contribution in [3.05, 3.63) is 54.2 Å². The number of methoxy groups -OCH3 is 1. The second-order valence-corrected chi connectivity index (χ2v) is 4.97. The van der Waals surface area contributed by atoms with E-state index in [4.69, 9.17) is 4.74 Å². The van der Waals surface area contributed by atoms with Crippen molar-refractivity contribution in [3.8, 4) is 0 Å². The Balaban J connectivity index is 1.95. The molecule has 0 aliphatic carbocycles. The topological polar surface area (TPSA) is 69.0 Å². The van der Waals surface area contributed by atoms with Crippen LogP contribution in [0.5, 0.6) is 0 Å². The molecule has 0 saturated carbocycles. The lowest BCUT2D eigenvalue weighted by Crippen LogP contribution is -2.10. The molecule has 124 valence electrons. The van der Waals surface area contributed by atoms with Crippen LogP contribution in [0, 0.1) is 0 Å². The predicted octanol–water partition coefficient (Wildman–Crippen LogP) is 3.23. The summed E-state index contributed by atoms with van der Waals surface area (Å²) in [5, 5.41) is 3.75. The van der Waals surface area contributed by atoms with Gasteiger partial charge in [-0.25, -0.2) is 9.78 Å². The molecule has 0 unspecified atom stereocenters. The van der Waals surface area contributed by atoms with Gasteiger partial charge in [0.25, 0.3) is 0 Å². The number of pyridine rings is 1. The van der Waals surface area contributed by atoms with Gasteiger partial charge in [-0.1, -0.05) is 6.07 Å². The minimum absolute atomic E-state index is 0.0631. The number of nitrogens with one attached hydrogen (secondary N) is 1. The van der Waals surface area contributed by atoms with Gasteiger partial charge in [-0.05, 0) is 18.2 Å². The molecule has 0 radical (unpaired) electrons. The van der Waals surface area contributed by atoms with E-state index in [1.165, 1.54) is 19.5 Å². The Morgan fingerprint density at radius 3 is 2.92 bits per heavy atom. The number of benzene rings is 1. The Morgan fingerprint density at radius 2 is 2.17 bits per heavy atom. The third kappa shape index (κ3) is 3.03. The molecular weight excluding hydrogens is 318 g/mol. The molecule has 0 aliphatic rings. The zero-order valence-corrected chi connectivity index (χ0v) is 12.7. The molecule has 8 heteroatoms. The number of hydrogen-bond acceptors (Lipinski definition) is 5. The highest BCUT2D eigenvalue weighted by molar-refractivity contribution is 5.99. The lowest BCUT2D eigenvalue weighted by molar-refractivity contribution is 0.0600. The van der Waals surface area contributed by atoms with E-state index in [9.17, 15) is 13.6 Å². The summed E-state index contributed by atoms with van der Waals surface area (Å²) in [5.74, 6) is -0.310. The number of aromatic nitrogens is 3. The first-order chi connectivity index (χ1) is 11.6. The van der Waals surface area contributed by atoms with Gasteiger partial charge < -0.3 is 10.1 Å². The third-order valence-corrected chi connectivity index (χ3v) is 3.52. The third-order valence-electron chi connectivity index (χ3n) is 3.52. The minimum atomic E-state index is -2.67. The Bertz CT molecular complexity index is 879. The molecule has 6 nitrogen and oxygen atoms in total. The van der Waals surface area contributed by atoms with E-state index in [0.29, 0.717) is 16.8 Å². The molecule has 0 saturated heterocycles. The van der Waals surface area contributed by atoms with E-state index < -0.39 is 12.5 Å². The first kappa shape index (κ1) is 15.9. The van der Waals surface area contributed by atoms with Crippen molar-refractivity contribution in [1.29, 1.82) is 0 Å². The van der Waals surface area contributed by atoms with Crippen LogP contribution in [0.3, 0.4) is 0 Å². The minimum Gasteiger partial charge on any atom is -0.465 e. The van der Waals surface area contributed by atoms with Gasteiger partial charge in [0.2, 0.25) is 0 Å². The van der Waals surface area contributed by atoms with Crippen molar-refractivity contribution >= 4 is 22.6 Å². The van der Waals surface area contributed by atoms with Crippen molar-refractivity contribution in [2.24, 2.45) is 0 Å². The van der Waals surface area contributed by atoms with Crippen LogP contribution < -0.4 is 5.32 Å². The zero-order chi connectivity index (χ0) is 17.1. The van der Waals surface area contributed by atoms with Crippen LogP contribution in [0.25, 0.3) is 10.9 Å². The lowest BCUT2D eigenvalue weighted by Gasteiger charge is -2.12. The van der Waals surface area contributed by atoms with E-state index >= 15 is 0 Å². The summed E-state index contributed by atoms with van der Waals surface area (Å²) in [5.41, 5.74) is 1.51. The molecule has 0 amide bonds. The van der Waals surface area contributed by atoms with Crippen LogP contribution in [0.4, 0.5) is 14.5 Å². The highest BCUT2D eigenvalue weighted by Gasteiger charge is 2.14. The first-order valence-corrected chi connectivity index (χ1v) is 7.11. The maximum atomic E-state index is 12.9. The van der Waals surface area contributed by atoms with Crippen molar-refractivity contribution < 1.29 is 18.3 Å². The molecule has 0 spiro atoms. The van der Waals surface area contributed by atoms with Gasteiger partial charge in [-0.15, -0.1) is 0 Å². The number of imidazole rings is 1. The largest absolute Gasteiger partial charge is 0.465 e. The van der Waals surface area contributed by atoms with Crippen LogP contribution in [0.15, 0.2) is 42.9 Å². The van der Waals surface area contributed by atoms with E-state index in [0.717, 1.165) is 9.95 Å². The number of ether oxygens (including phenoxy) is 1. The Morgan fingerprint density at radius 1 is 1.33 bits per heavy atom. The molecular formula is C16H14F2N4O2. The average molecular weight is 332 g/mol. The van der Waals surface area contributed by atoms with Gasteiger partial charge in [0.1, 0.15) is 5.82 Å². The molecule has 2 heterocycles. The number of esters is 1. The van der Waals surface area contributed by atoms with Gasteiger partial charge in [0, 0.05) is 24.0 Å². The fourth-order valence-electron chi connectivity index (χ4n) is 2.40. The molecule has 2 aromatic heterocycles. The molecule has 0 bridgehead atoms. The number of alkyl halides is 2. The number of carbonyl (C=O) groups is 1. The molecule has 0 fully saturated rings. The summed E-state index contributed by atoms with van der Waals surface area (Å²) >= 11 is 0. The molecule has 24 heavy (non-hydrogen) atoms. The molecule has 1 N–H and O–H groups in total. The maximum absolute atomic E-state index is 12.9. The van der Waals surface area contributed by atoms with Gasteiger partial charge in [0.15, 0.2) is 0 Å². The standard InChI is InChI=1S/C16H14F2N4O2/c1-24-15(23)11-7-10-3-2-4-20-14(10)12(8-11)21-9-13-19-5-6-22(13)16(17)18/h2-8,16,21H,9H2,1H3. The van der Waals surface area contributed by atoms with Gasteiger partial charge in [-0.2, -0.15) is 8.78 Å². The van der Waals surface area contributed by atoms with Crippen LogP contribution in [0.2, 0.25) is 0 Å². The van der Waals surface area contributed by atoms with Crippen LogP contribution in [-0.4, -0.2) is 27.6 Å². The number of carbonyl (C=O) groups excluding carboxylic acids is 1. The normalized spacial score (nSPS) is 11.0. The molecule has 0 aliphatic heterocycles. The summed E-state index contributed by atoms with van der Waals surface area (Å²) in [6.07, 6.45) is 4.14. The van der Waals surface area contributed by atoms with Crippen molar-refractivity contribution in [2.75, 3.05) is 12.4 Å².